The molecule has 4 heterocycles. The summed E-state index contributed by atoms with van der Waals surface area (Å²) in [7, 11) is 0. The zero-order valence-electron chi connectivity index (χ0n) is 22.2. The first-order valence-electron chi connectivity index (χ1n) is 13.0. The number of para-hydroxylation sites is 1. The smallest absolute Gasteiger partial charge is 0.287 e. The Morgan fingerprint density at radius 3 is 2.27 bits per heavy atom. The standard InChI is InChI=1S/C17H13FN2O2S.C6H13NO.C5H5NO3.H2/c18-14-8-4-7-13-15(14)22-19-16(13)20-12(10-23-17(20)21)9-11-5-2-1-3-6-11;1-5-3-7-4-6(2)8-5;7-3-1-4(8)6-5(9)2-3;/h1-8,12H,9-10H2;5-7H,3-4H2,1-2H3;1-2H2,(H,6,8,9);1H/t12-;5-,6+;;/m0.../s1. The monoisotopic (exact) mass is 572 g/mol. The number of piperidine rings is 1. The van der Waals surface area contributed by atoms with Crippen LogP contribution in [0, 0.1) is 5.82 Å². The molecule has 10 nitrogen and oxygen atoms in total. The van der Waals surface area contributed by atoms with Crippen molar-refractivity contribution in [3.05, 3.63) is 59.9 Å². The molecule has 3 aliphatic heterocycles. The molecule has 3 amide bonds. The third-order valence-corrected chi connectivity index (χ3v) is 7.25. The highest BCUT2D eigenvalue weighted by atomic mass is 32.2. The van der Waals surface area contributed by atoms with Crippen molar-refractivity contribution in [2.45, 2.75) is 51.4 Å². The van der Waals surface area contributed by atoms with E-state index in [9.17, 15) is 23.6 Å². The maximum Gasteiger partial charge on any atom is 0.287 e. The maximum atomic E-state index is 13.8. The van der Waals surface area contributed by atoms with Gasteiger partial charge >= 0.3 is 0 Å². The number of thioether (sulfide) groups is 1. The van der Waals surface area contributed by atoms with Gasteiger partial charge in [0.05, 0.1) is 36.5 Å². The number of carbonyl (C=O) groups is 4. The molecular formula is C28H33FN4O6S. The van der Waals surface area contributed by atoms with Crippen LogP contribution in [0.5, 0.6) is 0 Å². The van der Waals surface area contributed by atoms with Gasteiger partial charge in [0.25, 0.3) is 5.24 Å². The van der Waals surface area contributed by atoms with E-state index in [0.29, 0.717) is 29.2 Å². The van der Waals surface area contributed by atoms with Gasteiger partial charge in [0.15, 0.2) is 17.4 Å². The molecule has 3 aromatic rings. The number of hydrogen-bond acceptors (Lipinski definition) is 9. The first-order chi connectivity index (χ1) is 19.2. The van der Waals surface area contributed by atoms with E-state index < -0.39 is 17.6 Å². The van der Waals surface area contributed by atoms with Gasteiger partial charge < -0.3 is 14.6 Å². The Bertz CT molecular complexity index is 1320. The highest BCUT2D eigenvalue weighted by molar-refractivity contribution is 8.14. The topological polar surface area (TPSA) is 131 Å². The summed E-state index contributed by atoms with van der Waals surface area (Å²) >= 11 is 1.26. The molecule has 0 saturated carbocycles. The van der Waals surface area contributed by atoms with Crippen LogP contribution >= 0.6 is 11.8 Å². The van der Waals surface area contributed by atoms with Crippen LogP contribution in [-0.4, -0.2) is 65.1 Å². The number of halogens is 1. The fourth-order valence-electron chi connectivity index (χ4n) is 4.49. The summed E-state index contributed by atoms with van der Waals surface area (Å²) in [6.45, 7) is 6.18. The second-order valence-corrected chi connectivity index (χ2v) is 10.7. The van der Waals surface area contributed by atoms with Crippen LogP contribution in [0.1, 0.15) is 33.7 Å². The molecular weight excluding hydrogens is 539 g/mol. The van der Waals surface area contributed by atoms with E-state index in [0.717, 1.165) is 25.1 Å². The summed E-state index contributed by atoms with van der Waals surface area (Å²) in [5.74, 6) is -0.677. The fraction of sp³-hybridized carbons (Fsp3) is 0.393. The number of ketones is 1. The highest BCUT2D eigenvalue weighted by Gasteiger charge is 2.36. The number of nitrogens with one attached hydrogen (secondary N) is 2. The number of rotatable bonds is 3. The summed E-state index contributed by atoms with van der Waals surface area (Å²) in [4.78, 5) is 45.0. The minimum atomic E-state index is -0.490. The molecule has 6 rings (SSSR count). The summed E-state index contributed by atoms with van der Waals surface area (Å²) in [6.07, 6.45) is 1.23. The molecule has 12 heteroatoms. The number of morpholine rings is 1. The molecule has 2 N–H and O–H groups in total. The number of ether oxygens (including phenoxy) is 1. The zero-order valence-corrected chi connectivity index (χ0v) is 23.0. The lowest BCUT2D eigenvalue weighted by molar-refractivity contribution is -0.138. The fourth-order valence-corrected chi connectivity index (χ4v) is 5.47. The Hall–Kier alpha value is -3.61. The quantitative estimate of drug-likeness (QED) is 0.355. The van der Waals surface area contributed by atoms with E-state index >= 15 is 0 Å². The number of carbonyl (C=O) groups excluding carboxylic acids is 4. The molecule has 0 unspecified atom stereocenters. The van der Waals surface area contributed by atoms with Crippen molar-refractivity contribution < 1.29 is 34.3 Å². The van der Waals surface area contributed by atoms with E-state index in [1.165, 1.54) is 17.8 Å². The van der Waals surface area contributed by atoms with Crippen LogP contribution in [0.3, 0.4) is 0 Å². The van der Waals surface area contributed by atoms with Crippen LogP contribution < -0.4 is 15.5 Å². The first-order valence-corrected chi connectivity index (χ1v) is 13.9. The van der Waals surface area contributed by atoms with Crippen LogP contribution in [0.25, 0.3) is 11.0 Å². The van der Waals surface area contributed by atoms with Crippen LogP contribution in [0.2, 0.25) is 0 Å². The van der Waals surface area contributed by atoms with Gasteiger partial charge in [0.1, 0.15) is 0 Å². The molecule has 0 aliphatic carbocycles. The van der Waals surface area contributed by atoms with E-state index in [4.69, 9.17) is 9.26 Å². The highest BCUT2D eigenvalue weighted by Crippen LogP contribution is 2.36. The second kappa shape index (κ2) is 13.6. The largest absolute Gasteiger partial charge is 0.373 e. The van der Waals surface area contributed by atoms with Crippen molar-refractivity contribution in [2.75, 3.05) is 23.7 Å². The number of benzene rings is 2. The normalized spacial score (nSPS) is 22.8. The number of hydrogen-bond donors (Lipinski definition) is 2. The van der Waals surface area contributed by atoms with Gasteiger partial charge in [-0.2, -0.15) is 0 Å². The molecule has 0 radical (unpaired) electrons. The second-order valence-electron chi connectivity index (χ2n) is 9.69. The molecule has 0 spiro atoms. The maximum absolute atomic E-state index is 13.8. The Balaban J connectivity index is 0.000000212. The van der Waals surface area contributed by atoms with Gasteiger partial charge in [-0.25, -0.2) is 4.39 Å². The lowest BCUT2D eigenvalue weighted by Crippen LogP contribution is -2.41. The lowest BCUT2D eigenvalue weighted by Gasteiger charge is -2.25. The summed E-state index contributed by atoms with van der Waals surface area (Å²) in [6, 6.07) is 14.6. The molecule has 40 heavy (non-hydrogen) atoms. The third kappa shape index (κ3) is 7.74. The van der Waals surface area contributed by atoms with Gasteiger partial charge in [-0.05, 0) is 38.0 Å². The Morgan fingerprint density at radius 2 is 1.68 bits per heavy atom. The van der Waals surface area contributed by atoms with Gasteiger partial charge in [-0.15, -0.1) is 0 Å². The molecule has 3 saturated heterocycles. The lowest BCUT2D eigenvalue weighted by atomic mass is 10.1. The first kappa shape index (κ1) is 29.4. The summed E-state index contributed by atoms with van der Waals surface area (Å²) in [5, 5.41) is 9.68. The van der Waals surface area contributed by atoms with Gasteiger partial charge in [0.2, 0.25) is 17.4 Å². The molecule has 3 fully saturated rings. The van der Waals surface area contributed by atoms with Crippen LogP contribution in [-0.2, 0) is 25.5 Å². The van der Waals surface area contributed by atoms with E-state index in [-0.39, 0.29) is 36.9 Å². The predicted octanol–water partition coefficient (Wildman–Crippen LogP) is 3.87. The average molecular weight is 573 g/mol. The van der Waals surface area contributed by atoms with Crippen molar-refractivity contribution in [1.82, 2.24) is 15.8 Å². The molecule has 3 aliphatic rings. The van der Waals surface area contributed by atoms with E-state index in [2.05, 4.69) is 24.3 Å². The van der Waals surface area contributed by atoms with Crippen LogP contribution in [0.4, 0.5) is 15.0 Å². The average Bonchev–Trinajstić information content (AvgIpc) is 3.48. The van der Waals surface area contributed by atoms with Crippen molar-refractivity contribution in [1.29, 1.82) is 0 Å². The van der Waals surface area contributed by atoms with Crippen LogP contribution in [0.15, 0.2) is 53.1 Å². The number of aromatic nitrogens is 1. The number of anilines is 1. The molecule has 0 bridgehead atoms. The van der Waals surface area contributed by atoms with E-state index in [1.807, 2.05) is 35.6 Å². The Morgan fingerprint density at radius 1 is 1.00 bits per heavy atom. The molecule has 1 aromatic heterocycles. The minimum Gasteiger partial charge on any atom is -0.373 e. The van der Waals surface area contributed by atoms with Crippen molar-refractivity contribution in [3.63, 3.8) is 0 Å². The molecule has 2 aromatic carbocycles. The van der Waals surface area contributed by atoms with Gasteiger partial charge in [0, 0.05) is 20.3 Å². The Kier molecular flexibility index (Phi) is 10.0. The van der Waals surface area contributed by atoms with Gasteiger partial charge in [-0.3, -0.25) is 29.4 Å². The predicted molar refractivity (Wildman–Crippen MR) is 151 cm³/mol. The molecule has 3 atom stereocenters. The molecule has 214 valence electrons. The SMILES string of the molecule is C[C@@H]1CNC[C@H](C)O1.O=C1CC(=O)NC(=O)C1.O=C1SC[C@H](Cc2ccccc2)N1c1noc2c(F)cccc12.[HH]. The van der Waals surface area contributed by atoms with Crippen molar-refractivity contribution in [3.8, 4) is 0 Å². The summed E-state index contributed by atoms with van der Waals surface area (Å²) in [5.41, 5.74) is 1.24. The summed E-state index contributed by atoms with van der Waals surface area (Å²) < 4.78 is 24.3. The number of fused-ring (bicyclic) bond motifs is 1. The van der Waals surface area contributed by atoms with Crippen molar-refractivity contribution >= 4 is 51.4 Å². The van der Waals surface area contributed by atoms with E-state index in [1.54, 1.807) is 17.0 Å². The zero-order chi connectivity index (χ0) is 28.6. The van der Waals surface area contributed by atoms with Crippen molar-refractivity contribution in [2.24, 2.45) is 0 Å². The Labute approximate surface area is 236 Å². The number of Topliss-reactive ketones (excluding diaryl/α,β-unsaturated/α-hetero) is 1. The minimum absolute atomic E-state index is 0. The number of amides is 3. The van der Waals surface area contributed by atoms with Gasteiger partial charge in [-0.1, -0.05) is 53.3 Å². The third-order valence-electron chi connectivity index (χ3n) is 6.26. The number of imide groups is 1. The number of nitrogens with zero attached hydrogens (tertiary/aromatic N) is 2.